The van der Waals surface area contributed by atoms with Gasteiger partial charge < -0.3 is 0 Å². The summed E-state index contributed by atoms with van der Waals surface area (Å²) in [6.45, 7) is 0. The first-order valence-corrected chi connectivity index (χ1v) is 6.00. The Labute approximate surface area is 87.8 Å². The molecule has 0 amide bonds. The van der Waals surface area contributed by atoms with Gasteiger partial charge in [0, 0.05) is 6.42 Å². The molecule has 76 valence electrons. The zero-order chi connectivity index (χ0) is 9.86. The molecule has 0 aliphatic heterocycles. The van der Waals surface area contributed by atoms with Crippen molar-refractivity contribution in [3.63, 3.8) is 0 Å². The third-order valence-electron chi connectivity index (χ3n) is 4.03. The number of fused-ring (bicyclic) bond motifs is 1. The summed E-state index contributed by atoms with van der Waals surface area (Å²) >= 11 is 0. The molecule has 14 heavy (non-hydrogen) atoms. The number of hydrogen-bond donors (Lipinski definition) is 0. The minimum atomic E-state index is 0.545. The van der Waals surface area contributed by atoms with Gasteiger partial charge in [0.1, 0.15) is 0 Å². The van der Waals surface area contributed by atoms with Crippen molar-refractivity contribution < 1.29 is 0 Å². The maximum atomic E-state index is 5.39. The Bertz CT molecular complexity index is 266. The van der Waals surface area contributed by atoms with Crippen molar-refractivity contribution in [2.75, 3.05) is 0 Å². The molecule has 1 unspecified atom stereocenters. The van der Waals surface area contributed by atoms with Gasteiger partial charge in [-0.1, -0.05) is 18.1 Å². The Morgan fingerprint density at radius 1 is 1.29 bits per heavy atom. The maximum Gasteiger partial charge on any atom is 0.00944 e. The predicted octanol–water partition coefficient (Wildman–Crippen LogP) is 4.07. The molecule has 1 fully saturated rings. The lowest BCUT2D eigenvalue weighted by atomic mass is 9.63. The molecule has 0 aromatic rings. The van der Waals surface area contributed by atoms with Crippen LogP contribution in [0, 0.1) is 17.8 Å². The Hall–Kier alpha value is -0.700. The van der Waals surface area contributed by atoms with E-state index in [9.17, 15) is 0 Å². The Kier molecular flexibility index (Phi) is 2.96. The van der Waals surface area contributed by atoms with Crippen LogP contribution >= 0.6 is 0 Å². The summed E-state index contributed by atoms with van der Waals surface area (Å²) in [4.78, 5) is 0. The van der Waals surface area contributed by atoms with Crippen LogP contribution in [0.1, 0.15) is 57.8 Å². The monoisotopic (exact) mass is 188 g/mol. The van der Waals surface area contributed by atoms with E-state index in [0.29, 0.717) is 5.41 Å². The van der Waals surface area contributed by atoms with Gasteiger partial charge in [-0.25, -0.2) is 0 Å². The van der Waals surface area contributed by atoms with Gasteiger partial charge in [-0.15, -0.1) is 12.3 Å². The minimum Gasteiger partial charge on any atom is -0.120 e. The van der Waals surface area contributed by atoms with Crippen molar-refractivity contribution in [1.29, 1.82) is 0 Å². The average molecular weight is 188 g/mol. The number of terminal acetylenes is 1. The first kappa shape index (κ1) is 9.84. The van der Waals surface area contributed by atoms with E-state index in [1.165, 1.54) is 51.4 Å². The molecular formula is C14H20. The molecule has 1 saturated carbocycles. The molecule has 0 heteroatoms. The van der Waals surface area contributed by atoms with Crippen molar-refractivity contribution in [1.82, 2.24) is 0 Å². The van der Waals surface area contributed by atoms with Crippen LogP contribution in [0.15, 0.2) is 11.6 Å². The normalized spacial score (nSPS) is 31.5. The smallest absolute Gasteiger partial charge is 0.00944 e. The lowest BCUT2D eigenvalue weighted by Crippen LogP contribution is -2.28. The molecule has 0 heterocycles. The molecule has 2 rings (SSSR count). The lowest BCUT2D eigenvalue weighted by molar-refractivity contribution is 0.219. The molecular weight excluding hydrogens is 168 g/mol. The van der Waals surface area contributed by atoms with Crippen molar-refractivity contribution in [2.45, 2.75) is 57.8 Å². The minimum absolute atomic E-state index is 0.545. The van der Waals surface area contributed by atoms with Crippen LogP contribution in [0.5, 0.6) is 0 Å². The van der Waals surface area contributed by atoms with Gasteiger partial charge in [-0.3, -0.25) is 0 Å². The summed E-state index contributed by atoms with van der Waals surface area (Å²) in [6, 6.07) is 0. The molecule has 2 aliphatic rings. The standard InChI is InChI=1S/C14H20/c1-2-3-10-14-11-6-4-8-13(14)9-5-7-12-14/h1,8H,3-7,9-12H2. The van der Waals surface area contributed by atoms with E-state index in [0.717, 1.165) is 6.42 Å². The van der Waals surface area contributed by atoms with E-state index in [2.05, 4.69) is 12.0 Å². The van der Waals surface area contributed by atoms with Crippen LogP contribution in [-0.2, 0) is 0 Å². The summed E-state index contributed by atoms with van der Waals surface area (Å²) in [6.07, 6.45) is 19.8. The van der Waals surface area contributed by atoms with E-state index in [4.69, 9.17) is 6.42 Å². The van der Waals surface area contributed by atoms with E-state index < -0.39 is 0 Å². The molecule has 2 aliphatic carbocycles. The SMILES string of the molecule is C#CCCC12CCCC=C1CCCC2. The third-order valence-corrected chi connectivity index (χ3v) is 4.03. The van der Waals surface area contributed by atoms with Gasteiger partial charge in [0.2, 0.25) is 0 Å². The van der Waals surface area contributed by atoms with Crippen LogP contribution < -0.4 is 0 Å². The average Bonchev–Trinajstić information content (AvgIpc) is 2.26. The summed E-state index contributed by atoms with van der Waals surface area (Å²) in [7, 11) is 0. The molecule has 0 aromatic heterocycles. The highest BCUT2D eigenvalue weighted by Crippen LogP contribution is 2.50. The largest absolute Gasteiger partial charge is 0.120 e. The van der Waals surface area contributed by atoms with Crippen LogP contribution in [0.4, 0.5) is 0 Å². The van der Waals surface area contributed by atoms with E-state index in [-0.39, 0.29) is 0 Å². The number of hydrogen-bond acceptors (Lipinski definition) is 0. The summed E-state index contributed by atoms with van der Waals surface area (Å²) in [5.74, 6) is 2.82. The fourth-order valence-corrected chi connectivity index (χ4v) is 3.25. The Balaban J connectivity index is 2.14. The zero-order valence-corrected chi connectivity index (χ0v) is 9.02. The highest BCUT2D eigenvalue weighted by Gasteiger charge is 2.36. The van der Waals surface area contributed by atoms with Gasteiger partial charge in [0.25, 0.3) is 0 Å². The van der Waals surface area contributed by atoms with Crippen LogP contribution in [-0.4, -0.2) is 0 Å². The fourth-order valence-electron chi connectivity index (χ4n) is 3.25. The molecule has 0 spiro atoms. The summed E-state index contributed by atoms with van der Waals surface area (Å²) in [5, 5.41) is 0. The van der Waals surface area contributed by atoms with Gasteiger partial charge in [-0.2, -0.15) is 0 Å². The Morgan fingerprint density at radius 3 is 3.00 bits per heavy atom. The van der Waals surface area contributed by atoms with Crippen LogP contribution in [0.2, 0.25) is 0 Å². The van der Waals surface area contributed by atoms with Gasteiger partial charge in [0.05, 0.1) is 0 Å². The third kappa shape index (κ3) is 1.73. The highest BCUT2D eigenvalue weighted by atomic mass is 14.4. The van der Waals surface area contributed by atoms with Crippen LogP contribution in [0.3, 0.4) is 0 Å². The summed E-state index contributed by atoms with van der Waals surface area (Å²) in [5.41, 5.74) is 2.30. The topological polar surface area (TPSA) is 0 Å². The second-order valence-corrected chi connectivity index (χ2v) is 4.81. The predicted molar refractivity (Wildman–Crippen MR) is 60.9 cm³/mol. The van der Waals surface area contributed by atoms with Crippen LogP contribution in [0.25, 0.3) is 0 Å². The molecule has 1 atom stereocenters. The molecule has 0 radical (unpaired) electrons. The Morgan fingerprint density at radius 2 is 2.14 bits per heavy atom. The highest BCUT2D eigenvalue weighted by molar-refractivity contribution is 5.20. The van der Waals surface area contributed by atoms with E-state index in [1.807, 2.05) is 0 Å². The molecule has 0 aromatic carbocycles. The number of rotatable bonds is 2. The van der Waals surface area contributed by atoms with Crippen molar-refractivity contribution in [3.05, 3.63) is 11.6 Å². The van der Waals surface area contributed by atoms with Gasteiger partial charge in [0.15, 0.2) is 0 Å². The van der Waals surface area contributed by atoms with E-state index >= 15 is 0 Å². The van der Waals surface area contributed by atoms with Crippen molar-refractivity contribution in [2.24, 2.45) is 5.41 Å². The molecule has 0 nitrogen and oxygen atoms in total. The second kappa shape index (κ2) is 4.22. The maximum absolute atomic E-state index is 5.39. The molecule has 0 bridgehead atoms. The zero-order valence-electron chi connectivity index (χ0n) is 9.02. The fraction of sp³-hybridized carbons (Fsp3) is 0.714. The summed E-state index contributed by atoms with van der Waals surface area (Å²) < 4.78 is 0. The van der Waals surface area contributed by atoms with Gasteiger partial charge >= 0.3 is 0 Å². The second-order valence-electron chi connectivity index (χ2n) is 4.81. The van der Waals surface area contributed by atoms with Crippen molar-refractivity contribution >= 4 is 0 Å². The lowest BCUT2D eigenvalue weighted by Gasteiger charge is -2.42. The quantitative estimate of drug-likeness (QED) is 0.452. The van der Waals surface area contributed by atoms with E-state index in [1.54, 1.807) is 5.57 Å². The molecule has 0 saturated heterocycles. The first-order valence-electron chi connectivity index (χ1n) is 6.00. The number of allylic oxidation sites excluding steroid dienone is 2. The van der Waals surface area contributed by atoms with Crippen molar-refractivity contribution in [3.8, 4) is 12.3 Å². The van der Waals surface area contributed by atoms with Gasteiger partial charge in [-0.05, 0) is 50.4 Å². The first-order chi connectivity index (χ1) is 6.87. The molecule has 0 N–H and O–H groups in total.